The van der Waals surface area contributed by atoms with Gasteiger partial charge in [0.15, 0.2) is 0 Å². The molecule has 6 nitrogen and oxygen atoms in total. The van der Waals surface area contributed by atoms with E-state index in [0.717, 1.165) is 25.7 Å². The third kappa shape index (κ3) is 3.76. The summed E-state index contributed by atoms with van der Waals surface area (Å²) in [6.07, 6.45) is 2.39. The molecule has 140 valence electrons. The molecule has 1 aromatic carbocycles. The van der Waals surface area contributed by atoms with Gasteiger partial charge in [0.25, 0.3) is 5.56 Å². The number of carboxylic acid groups (broad SMARTS) is 1. The van der Waals surface area contributed by atoms with E-state index in [1.165, 1.54) is 0 Å². The molecule has 3 rings (SSSR count). The van der Waals surface area contributed by atoms with Crippen LogP contribution in [0.2, 0.25) is 10.0 Å². The summed E-state index contributed by atoms with van der Waals surface area (Å²) in [7, 11) is 0. The molecule has 1 aliphatic carbocycles. The second-order valence-corrected chi connectivity index (χ2v) is 7.17. The molecule has 0 atom stereocenters. The van der Waals surface area contributed by atoms with Crippen molar-refractivity contribution < 1.29 is 14.6 Å². The number of ether oxygens (including phenoxy) is 1. The predicted molar refractivity (Wildman–Crippen MR) is 102 cm³/mol. The van der Waals surface area contributed by atoms with Gasteiger partial charge in [-0.2, -0.15) is 0 Å². The van der Waals surface area contributed by atoms with E-state index in [1.807, 2.05) is 0 Å². The van der Waals surface area contributed by atoms with Gasteiger partial charge in [0.2, 0.25) is 0 Å². The number of nitrogens with zero attached hydrogens (tertiary/aromatic N) is 1. The molecule has 0 bridgehead atoms. The van der Waals surface area contributed by atoms with Crippen LogP contribution in [-0.4, -0.2) is 22.4 Å². The lowest BCUT2D eigenvalue weighted by atomic mass is 10.1. The summed E-state index contributed by atoms with van der Waals surface area (Å²) < 4.78 is 7.64. The summed E-state index contributed by atoms with van der Waals surface area (Å²) in [5.74, 6) is 0.493. The van der Waals surface area contributed by atoms with E-state index in [1.54, 1.807) is 16.7 Å². The lowest BCUT2D eigenvalue weighted by molar-refractivity contribution is 0.193. The van der Waals surface area contributed by atoms with Crippen LogP contribution in [0, 0.1) is 0 Å². The third-order valence-electron chi connectivity index (χ3n) is 4.37. The topological polar surface area (TPSA) is 80.6 Å². The van der Waals surface area contributed by atoms with Crippen molar-refractivity contribution in [3.05, 3.63) is 38.2 Å². The van der Waals surface area contributed by atoms with E-state index in [9.17, 15) is 9.59 Å². The Morgan fingerprint density at radius 1 is 1.31 bits per heavy atom. The van der Waals surface area contributed by atoms with E-state index in [2.05, 4.69) is 12.2 Å². The first-order chi connectivity index (χ1) is 12.4. The molecule has 1 saturated carbocycles. The first-order valence-corrected chi connectivity index (χ1v) is 9.35. The molecular formula is C18H20Cl2N2O4. The van der Waals surface area contributed by atoms with Crippen LogP contribution >= 0.6 is 23.2 Å². The minimum absolute atomic E-state index is 0.0152. The van der Waals surface area contributed by atoms with Gasteiger partial charge in [0.05, 0.1) is 34.3 Å². The SMILES string of the molecule is CCCCOc1c(CNC(=O)O)n(C2CC2)c(=O)c2cc(Cl)c(Cl)cc12. The molecule has 0 radical (unpaired) electrons. The van der Waals surface area contributed by atoms with Crippen molar-refractivity contribution >= 4 is 40.1 Å². The number of carbonyl (C=O) groups is 1. The van der Waals surface area contributed by atoms with Crippen molar-refractivity contribution in [2.45, 2.75) is 45.2 Å². The van der Waals surface area contributed by atoms with Gasteiger partial charge in [-0.25, -0.2) is 4.79 Å². The Morgan fingerprint density at radius 2 is 1.96 bits per heavy atom. The highest BCUT2D eigenvalue weighted by molar-refractivity contribution is 6.42. The highest BCUT2D eigenvalue weighted by Crippen LogP contribution is 2.40. The molecule has 8 heteroatoms. The molecule has 1 fully saturated rings. The standard InChI is InChI=1S/C18H20Cl2N2O4/c1-2-3-6-26-16-11-7-13(19)14(20)8-12(11)17(23)22(10-4-5-10)15(16)9-21-18(24)25/h7-8,10,21H,2-6,9H2,1H3,(H,24,25). The van der Waals surface area contributed by atoms with Crippen LogP contribution in [0.1, 0.15) is 44.3 Å². The van der Waals surface area contributed by atoms with Crippen LogP contribution in [0.4, 0.5) is 4.79 Å². The van der Waals surface area contributed by atoms with Gasteiger partial charge in [-0.05, 0) is 31.4 Å². The number of amides is 1. The number of benzene rings is 1. The monoisotopic (exact) mass is 398 g/mol. The Labute approximate surface area is 160 Å². The summed E-state index contributed by atoms with van der Waals surface area (Å²) >= 11 is 12.3. The number of pyridine rings is 1. The number of hydrogen-bond acceptors (Lipinski definition) is 3. The largest absolute Gasteiger partial charge is 0.491 e. The van der Waals surface area contributed by atoms with E-state index in [0.29, 0.717) is 38.9 Å². The Hall–Kier alpha value is -1.92. The molecule has 1 amide bonds. The van der Waals surface area contributed by atoms with Crippen molar-refractivity contribution in [3.63, 3.8) is 0 Å². The lowest BCUT2D eigenvalue weighted by Gasteiger charge is -2.20. The van der Waals surface area contributed by atoms with Crippen molar-refractivity contribution in [1.29, 1.82) is 0 Å². The number of rotatable bonds is 7. The molecule has 0 unspecified atom stereocenters. The molecule has 1 heterocycles. The highest BCUT2D eigenvalue weighted by atomic mass is 35.5. The van der Waals surface area contributed by atoms with Crippen molar-refractivity contribution in [2.24, 2.45) is 0 Å². The Bertz CT molecular complexity index is 906. The van der Waals surface area contributed by atoms with Crippen LogP contribution in [0.3, 0.4) is 0 Å². The van der Waals surface area contributed by atoms with Gasteiger partial charge in [-0.15, -0.1) is 0 Å². The lowest BCUT2D eigenvalue weighted by Crippen LogP contribution is -2.29. The molecule has 1 aliphatic rings. The second kappa shape index (κ2) is 7.76. The first kappa shape index (κ1) is 18.9. The van der Waals surface area contributed by atoms with Gasteiger partial charge in [-0.1, -0.05) is 36.5 Å². The smallest absolute Gasteiger partial charge is 0.404 e. The molecule has 2 N–H and O–H groups in total. The fourth-order valence-corrected chi connectivity index (χ4v) is 3.28. The number of unbranched alkanes of at least 4 members (excludes halogenated alkanes) is 1. The fourth-order valence-electron chi connectivity index (χ4n) is 2.95. The van der Waals surface area contributed by atoms with Crippen LogP contribution in [0.15, 0.2) is 16.9 Å². The van der Waals surface area contributed by atoms with Crippen LogP contribution < -0.4 is 15.6 Å². The fraction of sp³-hybridized carbons (Fsp3) is 0.444. The van der Waals surface area contributed by atoms with Crippen LogP contribution in [0.25, 0.3) is 10.8 Å². The molecule has 0 saturated heterocycles. The Balaban J connectivity index is 2.25. The minimum Gasteiger partial charge on any atom is -0.491 e. The Kier molecular flexibility index (Phi) is 5.63. The maximum atomic E-state index is 13.1. The summed E-state index contributed by atoms with van der Waals surface area (Å²) in [4.78, 5) is 24.1. The van der Waals surface area contributed by atoms with Crippen molar-refractivity contribution in [1.82, 2.24) is 9.88 Å². The highest BCUT2D eigenvalue weighted by Gasteiger charge is 2.30. The van der Waals surface area contributed by atoms with Crippen LogP contribution in [-0.2, 0) is 6.54 Å². The van der Waals surface area contributed by atoms with Gasteiger partial charge in [0, 0.05) is 11.4 Å². The summed E-state index contributed by atoms with van der Waals surface area (Å²) in [6.45, 7) is 2.50. The van der Waals surface area contributed by atoms with Gasteiger partial charge in [0.1, 0.15) is 5.75 Å². The van der Waals surface area contributed by atoms with Gasteiger partial charge >= 0.3 is 6.09 Å². The zero-order valence-corrected chi connectivity index (χ0v) is 15.9. The quantitative estimate of drug-likeness (QED) is 0.668. The molecule has 1 aromatic heterocycles. The van der Waals surface area contributed by atoms with E-state index in [4.69, 9.17) is 33.0 Å². The zero-order chi connectivity index (χ0) is 18.8. The molecule has 0 aliphatic heterocycles. The predicted octanol–water partition coefficient (Wildman–Crippen LogP) is 4.59. The molecular weight excluding hydrogens is 379 g/mol. The third-order valence-corrected chi connectivity index (χ3v) is 5.09. The van der Waals surface area contributed by atoms with Crippen molar-refractivity contribution in [3.8, 4) is 5.75 Å². The number of nitrogens with one attached hydrogen (secondary N) is 1. The maximum Gasteiger partial charge on any atom is 0.404 e. The minimum atomic E-state index is -1.16. The second-order valence-electron chi connectivity index (χ2n) is 6.35. The van der Waals surface area contributed by atoms with E-state index < -0.39 is 6.09 Å². The molecule has 0 spiro atoms. The normalized spacial score (nSPS) is 13.8. The number of aromatic nitrogens is 1. The Morgan fingerprint density at radius 3 is 2.54 bits per heavy atom. The molecule has 2 aromatic rings. The zero-order valence-electron chi connectivity index (χ0n) is 14.3. The molecule has 26 heavy (non-hydrogen) atoms. The number of halogens is 2. The average molecular weight is 399 g/mol. The average Bonchev–Trinajstić information content (AvgIpc) is 3.41. The summed E-state index contributed by atoms with van der Waals surface area (Å²) in [5, 5.41) is 13.0. The maximum absolute atomic E-state index is 13.1. The van der Waals surface area contributed by atoms with Crippen molar-refractivity contribution in [2.75, 3.05) is 6.61 Å². The van der Waals surface area contributed by atoms with Gasteiger partial charge < -0.3 is 19.7 Å². The first-order valence-electron chi connectivity index (χ1n) is 8.59. The van der Waals surface area contributed by atoms with E-state index >= 15 is 0 Å². The van der Waals surface area contributed by atoms with Gasteiger partial charge in [-0.3, -0.25) is 4.79 Å². The van der Waals surface area contributed by atoms with Crippen LogP contribution in [0.5, 0.6) is 5.75 Å². The summed E-state index contributed by atoms with van der Waals surface area (Å²) in [6, 6.07) is 3.23. The number of hydrogen-bond donors (Lipinski definition) is 2. The number of fused-ring (bicyclic) bond motifs is 1. The van der Waals surface area contributed by atoms with E-state index in [-0.39, 0.29) is 18.1 Å². The summed E-state index contributed by atoms with van der Waals surface area (Å²) in [5.41, 5.74) is 0.327.